The first-order valence-electron chi connectivity index (χ1n) is 10.2. The smallest absolute Gasteiger partial charge is 0.410 e. The Bertz CT molecular complexity index is 987. The van der Waals surface area contributed by atoms with Gasteiger partial charge >= 0.3 is 6.09 Å². The summed E-state index contributed by atoms with van der Waals surface area (Å²) >= 11 is 5.89. The van der Waals surface area contributed by atoms with Gasteiger partial charge in [-0.05, 0) is 44.5 Å². The van der Waals surface area contributed by atoms with Crippen LogP contribution in [0.5, 0.6) is 0 Å². The van der Waals surface area contributed by atoms with Crippen molar-refractivity contribution in [1.29, 1.82) is 0 Å². The van der Waals surface area contributed by atoms with E-state index in [4.69, 9.17) is 16.3 Å². The molecule has 3 rings (SSSR count). The normalized spacial score (nSPS) is 14.3. The van der Waals surface area contributed by atoms with Crippen molar-refractivity contribution in [3.63, 3.8) is 0 Å². The summed E-state index contributed by atoms with van der Waals surface area (Å²) in [6.45, 7) is 7.19. The molecule has 1 aliphatic heterocycles. The minimum absolute atomic E-state index is 0.218. The molecule has 0 saturated carbocycles. The summed E-state index contributed by atoms with van der Waals surface area (Å²) in [5, 5.41) is 15.1. The molecule has 0 bridgehead atoms. The number of anilines is 2. The molecular formula is C22H26ClFN4O4. The summed E-state index contributed by atoms with van der Waals surface area (Å²) in [5.41, 5.74) is 0.408. The van der Waals surface area contributed by atoms with E-state index < -0.39 is 22.4 Å². The van der Waals surface area contributed by atoms with Crippen molar-refractivity contribution in [2.45, 2.75) is 32.9 Å². The number of halogens is 2. The molecule has 2 aromatic rings. The number of nitro groups is 1. The molecule has 172 valence electrons. The van der Waals surface area contributed by atoms with Gasteiger partial charge in [0, 0.05) is 37.7 Å². The van der Waals surface area contributed by atoms with Crippen molar-refractivity contribution in [2.75, 3.05) is 36.4 Å². The van der Waals surface area contributed by atoms with Gasteiger partial charge in [0.1, 0.15) is 11.3 Å². The van der Waals surface area contributed by atoms with Gasteiger partial charge in [0.2, 0.25) is 0 Å². The maximum atomic E-state index is 14.8. The first kappa shape index (κ1) is 23.6. The van der Waals surface area contributed by atoms with Crippen molar-refractivity contribution in [1.82, 2.24) is 4.90 Å². The second kappa shape index (κ2) is 9.60. The van der Waals surface area contributed by atoms with Crippen LogP contribution in [0.25, 0.3) is 0 Å². The summed E-state index contributed by atoms with van der Waals surface area (Å²) in [6, 6.07) is 9.45. The number of carbonyl (C=O) groups excluding carboxylic acids is 1. The van der Waals surface area contributed by atoms with E-state index in [0.29, 0.717) is 37.7 Å². The Hall–Kier alpha value is -3.07. The Labute approximate surface area is 191 Å². The topological polar surface area (TPSA) is 88.0 Å². The average Bonchev–Trinajstić information content (AvgIpc) is 2.72. The highest BCUT2D eigenvalue weighted by Gasteiger charge is 2.28. The summed E-state index contributed by atoms with van der Waals surface area (Å²) < 4.78 is 20.2. The van der Waals surface area contributed by atoms with Crippen molar-refractivity contribution < 1.29 is 18.8 Å². The fraction of sp³-hybridized carbons (Fsp3) is 0.409. The molecular weight excluding hydrogens is 439 g/mol. The number of carbonyl (C=O) groups is 1. The van der Waals surface area contributed by atoms with Crippen LogP contribution in [0.1, 0.15) is 26.3 Å². The van der Waals surface area contributed by atoms with Gasteiger partial charge in [-0.25, -0.2) is 9.18 Å². The Morgan fingerprint density at radius 1 is 1.19 bits per heavy atom. The number of nitrogens with one attached hydrogen (secondary N) is 1. The van der Waals surface area contributed by atoms with Gasteiger partial charge in [0.25, 0.3) is 5.69 Å². The number of hydrogen-bond acceptors (Lipinski definition) is 6. The maximum Gasteiger partial charge on any atom is 0.410 e. The first-order chi connectivity index (χ1) is 15.0. The number of amides is 1. The minimum atomic E-state index is -0.681. The fourth-order valence-electron chi connectivity index (χ4n) is 3.34. The molecule has 1 amide bonds. The molecule has 10 heteroatoms. The van der Waals surface area contributed by atoms with Crippen molar-refractivity contribution in [3.8, 4) is 0 Å². The molecule has 1 fully saturated rings. The molecule has 0 spiro atoms. The van der Waals surface area contributed by atoms with E-state index in [1.165, 1.54) is 6.07 Å². The van der Waals surface area contributed by atoms with Crippen LogP contribution in [-0.4, -0.2) is 47.7 Å². The maximum absolute atomic E-state index is 14.8. The molecule has 0 aliphatic carbocycles. The third-order valence-electron chi connectivity index (χ3n) is 4.93. The Morgan fingerprint density at radius 3 is 2.38 bits per heavy atom. The van der Waals surface area contributed by atoms with E-state index in [1.807, 2.05) is 12.1 Å². The number of piperazine rings is 1. The summed E-state index contributed by atoms with van der Waals surface area (Å²) in [6.07, 6.45) is -0.411. The van der Waals surface area contributed by atoms with Gasteiger partial charge in [-0.1, -0.05) is 23.7 Å². The molecule has 0 radical (unpaired) electrons. The summed E-state index contributed by atoms with van der Waals surface area (Å²) in [7, 11) is 0. The highest BCUT2D eigenvalue weighted by Crippen LogP contribution is 2.33. The van der Waals surface area contributed by atoms with Crippen LogP contribution in [0.2, 0.25) is 5.02 Å². The van der Waals surface area contributed by atoms with Crippen LogP contribution in [-0.2, 0) is 11.3 Å². The average molecular weight is 465 g/mol. The van der Waals surface area contributed by atoms with Gasteiger partial charge < -0.3 is 19.9 Å². The zero-order valence-electron chi connectivity index (χ0n) is 18.2. The highest BCUT2D eigenvalue weighted by molar-refractivity contribution is 6.30. The number of benzene rings is 2. The Morgan fingerprint density at radius 2 is 1.81 bits per heavy atom. The Kier molecular flexibility index (Phi) is 7.08. The van der Waals surface area contributed by atoms with Gasteiger partial charge in [0.05, 0.1) is 16.7 Å². The SMILES string of the molecule is CC(C)(C)OC(=O)N1CCN(c2cc(NCc3ccc(Cl)cc3)c([N+](=O)[O-])cc2F)CC1. The quantitative estimate of drug-likeness (QED) is 0.491. The number of nitro benzene ring substituents is 1. The molecule has 32 heavy (non-hydrogen) atoms. The van der Waals surface area contributed by atoms with E-state index in [2.05, 4.69) is 5.32 Å². The number of hydrogen-bond donors (Lipinski definition) is 1. The van der Waals surface area contributed by atoms with Crippen LogP contribution in [0, 0.1) is 15.9 Å². The van der Waals surface area contributed by atoms with Crippen molar-refractivity contribution in [2.24, 2.45) is 0 Å². The van der Waals surface area contributed by atoms with Crippen LogP contribution in [0.4, 0.5) is 26.2 Å². The molecule has 1 heterocycles. The molecule has 0 atom stereocenters. The Balaban J connectivity index is 1.74. The third-order valence-corrected chi connectivity index (χ3v) is 5.18. The lowest BCUT2D eigenvalue weighted by Crippen LogP contribution is -2.50. The zero-order valence-corrected chi connectivity index (χ0v) is 19.0. The third kappa shape index (κ3) is 6.00. The van der Waals surface area contributed by atoms with Crippen LogP contribution in [0.3, 0.4) is 0 Å². The lowest BCUT2D eigenvalue weighted by Gasteiger charge is -2.37. The van der Waals surface area contributed by atoms with Gasteiger partial charge in [-0.15, -0.1) is 0 Å². The molecule has 1 saturated heterocycles. The van der Waals surface area contributed by atoms with Gasteiger partial charge in [0.15, 0.2) is 5.82 Å². The number of ether oxygens (including phenoxy) is 1. The van der Waals surface area contributed by atoms with Crippen LogP contribution < -0.4 is 10.2 Å². The lowest BCUT2D eigenvalue weighted by atomic mass is 10.1. The summed E-state index contributed by atoms with van der Waals surface area (Å²) in [4.78, 5) is 26.4. The van der Waals surface area contributed by atoms with Gasteiger partial charge in [-0.2, -0.15) is 0 Å². The largest absolute Gasteiger partial charge is 0.444 e. The van der Waals surface area contributed by atoms with E-state index in [9.17, 15) is 19.3 Å². The van der Waals surface area contributed by atoms with Crippen molar-refractivity contribution in [3.05, 3.63) is 62.9 Å². The number of nitrogens with zero attached hydrogens (tertiary/aromatic N) is 3. The zero-order chi connectivity index (χ0) is 23.5. The van der Waals surface area contributed by atoms with E-state index in [1.54, 1.807) is 42.7 Å². The standard InChI is InChI=1S/C22H26ClFN4O4/c1-22(2,3)32-21(29)27-10-8-26(9-11-27)19-13-18(20(28(30)31)12-17(19)24)25-14-15-4-6-16(23)7-5-15/h4-7,12-13,25H,8-11,14H2,1-3H3. The predicted octanol–water partition coefficient (Wildman–Crippen LogP) is 5.06. The van der Waals surface area contributed by atoms with Crippen molar-refractivity contribution >= 4 is 34.8 Å². The highest BCUT2D eigenvalue weighted by atomic mass is 35.5. The lowest BCUT2D eigenvalue weighted by molar-refractivity contribution is -0.384. The summed E-state index contributed by atoms with van der Waals surface area (Å²) in [5.74, 6) is -0.681. The minimum Gasteiger partial charge on any atom is -0.444 e. The van der Waals surface area contributed by atoms with Gasteiger partial charge in [-0.3, -0.25) is 10.1 Å². The van der Waals surface area contributed by atoms with Crippen LogP contribution >= 0.6 is 11.6 Å². The second-order valence-electron chi connectivity index (χ2n) is 8.51. The van der Waals surface area contributed by atoms with Crippen LogP contribution in [0.15, 0.2) is 36.4 Å². The molecule has 8 nitrogen and oxygen atoms in total. The fourth-order valence-corrected chi connectivity index (χ4v) is 3.47. The number of rotatable bonds is 5. The van der Waals surface area contributed by atoms with E-state index in [0.717, 1.165) is 11.6 Å². The second-order valence-corrected chi connectivity index (χ2v) is 8.95. The molecule has 0 aromatic heterocycles. The first-order valence-corrected chi connectivity index (χ1v) is 10.6. The molecule has 2 aromatic carbocycles. The molecule has 1 aliphatic rings. The monoisotopic (exact) mass is 464 g/mol. The predicted molar refractivity (Wildman–Crippen MR) is 122 cm³/mol. The van der Waals surface area contributed by atoms with E-state index in [-0.39, 0.29) is 17.1 Å². The molecule has 1 N–H and O–H groups in total. The van der Waals surface area contributed by atoms with E-state index >= 15 is 0 Å². The molecule has 0 unspecified atom stereocenters.